The van der Waals surface area contributed by atoms with Gasteiger partial charge in [-0.15, -0.1) is 0 Å². The van der Waals surface area contributed by atoms with Gasteiger partial charge in [0.15, 0.2) is 0 Å². The van der Waals surface area contributed by atoms with Gasteiger partial charge >= 0.3 is 12.2 Å². The van der Waals surface area contributed by atoms with E-state index in [1.165, 1.54) is 0 Å². The summed E-state index contributed by atoms with van der Waals surface area (Å²) in [6.07, 6.45) is -3.08. The van der Waals surface area contributed by atoms with E-state index in [0.29, 0.717) is 11.2 Å². The predicted molar refractivity (Wildman–Crippen MR) is 102 cm³/mol. The number of carbonyl (C=O) groups excluding carboxylic acids is 1. The van der Waals surface area contributed by atoms with E-state index >= 15 is 0 Å². The number of benzene rings is 2. The summed E-state index contributed by atoms with van der Waals surface area (Å²) >= 11 is 0. The number of pyridine rings is 1. The van der Waals surface area contributed by atoms with Crippen LogP contribution in [0.25, 0.3) is 10.9 Å². The van der Waals surface area contributed by atoms with Crippen LogP contribution in [0.15, 0.2) is 65.7 Å². The normalized spacial score (nSPS) is 15.6. The predicted octanol–water partition coefficient (Wildman–Crippen LogP) is 2.57. The second-order valence-corrected chi connectivity index (χ2v) is 8.18. The zero-order valence-electron chi connectivity index (χ0n) is 15.0. The molecule has 0 atom stereocenters. The Kier molecular flexibility index (Phi) is 4.64. The molecule has 4 rings (SSSR count). The average Bonchev–Trinajstić information content (AvgIpc) is 3.50. The second-order valence-electron chi connectivity index (χ2n) is 6.50. The van der Waals surface area contributed by atoms with E-state index in [1.54, 1.807) is 41.3 Å². The van der Waals surface area contributed by atoms with E-state index in [-0.39, 0.29) is 5.56 Å². The SMILES string of the molecule is O=C(Nc1ccc2ncccc2c1)NS(=O)(=O)c1cccc(C2(C(F)(F)F)NN2)c1. The lowest BCUT2D eigenvalue weighted by Gasteiger charge is -2.17. The Morgan fingerprint density at radius 1 is 1.03 bits per heavy atom. The Morgan fingerprint density at radius 2 is 1.80 bits per heavy atom. The van der Waals surface area contributed by atoms with Crippen LogP contribution in [0, 0.1) is 0 Å². The van der Waals surface area contributed by atoms with E-state index in [9.17, 15) is 26.4 Å². The minimum Gasteiger partial charge on any atom is -0.307 e. The molecule has 2 heterocycles. The fourth-order valence-electron chi connectivity index (χ4n) is 2.90. The highest BCUT2D eigenvalue weighted by Gasteiger charge is 2.65. The number of sulfonamides is 1. The molecule has 3 aromatic rings. The molecule has 12 heteroatoms. The molecule has 2 aromatic carbocycles. The zero-order chi connectivity index (χ0) is 21.6. The van der Waals surface area contributed by atoms with Crippen molar-refractivity contribution in [2.45, 2.75) is 16.7 Å². The van der Waals surface area contributed by atoms with Gasteiger partial charge in [0, 0.05) is 17.3 Å². The second kappa shape index (κ2) is 6.93. The molecule has 0 radical (unpaired) electrons. The molecular formula is C18H14F3N5O3S. The number of halogens is 3. The number of amides is 2. The third-order valence-corrected chi connectivity index (χ3v) is 5.79. The molecule has 156 valence electrons. The van der Waals surface area contributed by atoms with Gasteiger partial charge in [-0.1, -0.05) is 18.2 Å². The number of anilines is 1. The number of nitrogens with zero attached hydrogens (tertiary/aromatic N) is 1. The molecule has 0 bridgehead atoms. The summed E-state index contributed by atoms with van der Waals surface area (Å²) in [7, 11) is -4.42. The van der Waals surface area contributed by atoms with Crippen molar-refractivity contribution in [2.24, 2.45) is 0 Å². The van der Waals surface area contributed by atoms with Crippen molar-refractivity contribution in [2.75, 3.05) is 5.32 Å². The summed E-state index contributed by atoms with van der Waals surface area (Å²) in [4.78, 5) is 15.8. The number of alkyl halides is 3. The van der Waals surface area contributed by atoms with Crippen LogP contribution in [-0.2, 0) is 15.7 Å². The fourth-order valence-corrected chi connectivity index (χ4v) is 3.85. The van der Waals surface area contributed by atoms with Crippen molar-refractivity contribution in [3.8, 4) is 0 Å². The number of urea groups is 1. The molecule has 1 saturated heterocycles. The molecule has 0 unspecified atom stereocenters. The third-order valence-electron chi connectivity index (χ3n) is 4.47. The van der Waals surface area contributed by atoms with Gasteiger partial charge in [-0.05, 0) is 42.0 Å². The molecular weight excluding hydrogens is 423 g/mol. The molecule has 2 amide bonds. The first kappa shape index (κ1) is 20.1. The number of nitrogens with one attached hydrogen (secondary N) is 4. The minimum absolute atomic E-state index is 0.319. The minimum atomic E-state index is -4.69. The number of fused-ring (bicyclic) bond motifs is 1. The standard InChI is InChI=1S/C18H14F3N5O3S/c19-18(20,21)17(25-26-17)12-4-1-5-14(10-12)30(28,29)24-16(27)23-13-6-7-15-11(9-13)3-2-8-22-15/h1-10,25-26H,(H2,23,24,27). The summed E-state index contributed by atoms with van der Waals surface area (Å²) < 4.78 is 66.4. The van der Waals surface area contributed by atoms with Crippen LogP contribution in [0.2, 0.25) is 0 Å². The summed E-state index contributed by atoms with van der Waals surface area (Å²) in [5.74, 6) is 0. The molecule has 1 aliphatic heterocycles. The van der Waals surface area contributed by atoms with Gasteiger partial charge in [-0.2, -0.15) is 13.2 Å². The molecule has 4 N–H and O–H groups in total. The van der Waals surface area contributed by atoms with Crippen molar-refractivity contribution >= 4 is 32.6 Å². The molecule has 0 aliphatic carbocycles. The molecule has 0 spiro atoms. The van der Waals surface area contributed by atoms with Crippen LogP contribution in [0.5, 0.6) is 0 Å². The van der Waals surface area contributed by atoms with E-state index < -0.39 is 32.8 Å². The van der Waals surface area contributed by atoms with E-state index in [2.05, 4.69) is 10.3 Å². The van der Waals surface area contributed by atoms with Gasteiger partial charge in [-0.3, -0.25) is 4.98 Å². The summed E-state index contributed by atoms with van der Waals surface area (Å²) in [6.45, 7) is 0. The van der Waals surface area contributed by atoms with Crippen LogP contribution in [-0.4, -0.2) is 25.6 Å². The Balaban J connectivity index is 1.52. The van der Waals surface area contributed by atoms with E-state index in [0.717, 1.165) is 29.7 Å². The van der Waals surface area contributed by atoms with Crippen molar-refractivity contribution in [1.29, 1.82) is 0 Å². The van der Waals surface area contributed by atoms with Crippen LogP contribution < -0.4 is 20.9 Å². The number of hydrazine groups is 1. The van der Waals surface area contributed by atoms with Crippen molar-refractivity contribution in [3.05, 3.63) is 66.4 Å². The van der Waals surface area contributed by atoms with Crippen molar-refractivity contribution in [3.63, 3.8) is 0 Å². The largest absolute Gasteiger partial charge is 0.426 e. The maximum Gasteiger partial charge on any atom is 0.426 e. The van der Waals surface area contributed by atoms with Crippen LogP contribution in [0.3, 0.4) is 0 Å². The summed E-state index contributed by atoms with van der Waals surface area (Å²) in [5.41, 5.74) is 2.14. The lowest BCUT2D eigenvalue weighted by Crippen LogP contribution is -2.36. The first-order valence-electron chi connectivity index (χ1n) is 8.51. The van der Waals surface area contributed by atoms with Crippen LogP contribution >= 0.6 is 0 Å². The topological polar surface area (TPSA) is 132 Å². The number of carbonyl (C=O) groups is 1. The lowest BCUT2D eigenvalue weighted by atomic mass is 10.0. The van der Waals surface area contributed by atoms with Gasteiger partial charge in [0.2, 0.25) is 5.66 Å². The third kappa shape index (κ3) is 3.67. The summed E-state index contributed by atoms with van der Waals surface area (Å²) in [6, 6.07) is 11.4. The van der Waals surface area contributed by atoms with Crippen LogP contribution in [0.4, 0.5) is 23.7 Å². The molecule has 0 saturated carbocycles. The Labute approximate surface area is 168 Å². The Hall–Kier alpha value is -3.22. The van der Waals surface area contributed by atoms with Crippen LogP contribution in [0.1, 0.15) is 5.56 Å². The zero-order valence-corrected chi connectivity index (χ0v) is 15.8. The molecule has 8 nitrogen and oxygen atoms in total. The van der Waals surface area contributed by atoms with Gasteiger partial charge < -0.3 is 5.32 Å². The highest BCUT2D eigenvalue weighted by Crippen LogP contribution is 2.42. The van der Waals surface area contributed by atoms with Crippen molar-refractivity contribution < 1.29 is 26.4 Å². The van der Waals surface area contributed by atoms with E-state index in [1.807, 2.05) is 10.9 Å². The monoisotopic (exact) mass is 437 g/mol. The maximum absolute atomic E-state index is 13.2. The number of hydrogen-bond donors (Lipinski definition) is 4. The smallest absolute Gasteiger partial charge is 0.307 e. The molecule has 1 fully saturated rings. The molecule has 1 aromatic heterocycles. The average molecular weight is 437 g/mol. The number of hydrogen-bond acceptors (Lipinski definition) is 6. The first-order chi connectivity index (χ1) is 14.1. The van der Waals surface area contributed by atoms with Gasteiger partial charge in [0.25, 0.3) is 10.0 Å². The first-order valence-corrected chi connectivity index (χ1v) is 9.99. The van der Waals surface area contributed by atoms with Gasteiger partial charge in [-0.25, -0.2) is 28.8 Å². The quantitative estimate of drug-likeness (QED) is 0.464. The highest BCUT2D eigenvalue weighted by atomic mass is 32.2. The van der Waals surface area contributed by atoms with E-state index in [4.69, 9.17) is 0 Å². The lowest BCUT2D eigenvalue weighted by molar-refractivity contribution is -0.165. The summed E-state index contributed by atoms with van der Waals surface area (Å²) in [5, 5.41) is 3.11. The fraction of sp³-hybridized carbons (Fsp3) is 0.111. The van der Waals surface area contributed by atoms with Crippen molar-refractivity contribution in [1.82, 2.24) is 20.6 Å². The number of rotatable bonds is 4. The number of aromatic nitrogens is 1. The Morgan fingerprint density at radius 3 is 2.50 bits per heavy atom. The van der Waals surface area contributed by atoms with Gasteiger partial charge in [0.1, 0.15) is 0 Å². The van der Waals surface area contributed by atoms with Gasteiger partial charge in [0.05, 0.1) is 10.4 Å². The Bertz CT molecular complexity index is 1240. The molecule has 30 heavy (non-hydrogen) atoms. The highest BCUT2D eigenvalue weighted by molar-refractivity contribution is 7.90. The maximum atomic E-state index is 13.2. The molecule has 1 aliphatic rings.